The Labute approximate surface area is 104 Å². The molecule has 0 spiro atoms. The van der Waals surface area contributed by atoms with Crippen molar-refractivity contribution < 1.29 is 9.90 Å². The van der Waals surface area contributed by atoms with Gasteiger partial charge in [-0.1, -0.05) is 0 Å². The zero-order valence-corrected chi connectivity index (χ0v) is 11.6. The molecule has 16 heavy (non-hydrogen) atoms. The molecule has 5 heteroatoms. The van der Waals surface area contributed by atoms with E-state index in [1.807, 2.05) is 17.7 Å². The zero-order valence-electron chi connectivity index (χ0n) is 9.98. The van der Waals surface area contributed by atoms with E-state index in [0.717, 1.165) is 9.77 Å². The van der Waals surface area contributed by atoms with E-state index in [1.54, 1.807) is 37.6 Å². The third kappa shape index (κ3) is 3.50. The Morgan fingerprint density at radius 3 is 2.75 bits per heavy atom. The van der Waals surface area contributed by atoms with E-state index in [2.05, 4.69) is 0 Å². The molecule has 0 aliphatic rings. The molecule has 0 fully saturated rings. The van der Waals surface area contributed by atoms with Crippen LogP contribution in [0.3, 0.4) is 0 Å². The van der Waals surface area contributed by atoms with Crippen LogP contribution in [0.1, 0.15) is 23.5 Å². The van der Waals surface area contributed by atoms with Gasteiger partial charge < -0.3 is 10.0 Å². The van der Waals surface area contributed by atoms with Crippen LogP contribution in [0, 0.1) is 0 Å². The molecule has 0 saturated carbocycles. The quantitative estimate of drug-likeness (QED) is 0.844. The lowest BCUT2D eigenvalue weighted by Gasteiger charge is -2.25. The van der Waals surface area contributed by atoms with E-state index in [0.29, 0.717) is 6.54 Å². The second-order valence-electron chi connectivity index (χ2n) is 4.29. The van der Waals surface area contributed by atoms with Crippen molar-refractivity contribution in [3.63, 3.8) is 0 Å². The average molecular weight is 259 g/mol. The summed E-state index contributed by atoms with van der Waals surface area (Å²) in [6.07, 6.45) is 1.95. The summed E-state index contributed by atoms with van der Waals surface area (Å²) in [5.41, 5.74) is -0.860. The van der Waals surface area contributed by atoms with Gasteiger partial charge in [0, 0.05) is 18.5 Å². The summed E-state index contributed by atoms with van der Waals surface area (Å²) < 4.78 is 0. The first-order chi connectivity index (χ1) is 7.35. The van der Waals surface area contributed by atoms with Crippen LogP contribution in [0.25, 0.3) is 0 Å². The molecule has 90 valence electrons. The number of aliphatic hydroxyl groups is 1. The Balaban J connectivity index is 2.78. The maximum absolute atomic E-state index is 12.1. The number of hydrogen-bond acceptors (Lipinski definition) is 4. The summed E-state index contributed by atoms with van der Waals surface area (Å²) >= 11 is 3.01. The predicted octanol–water partition coefficient (Wildman–Crippen LogP) is 2.31. The number of hydrogen-bond donors (Lipinski definition) is 1. The maximum Gasteiger partial charge on any atom is 0.264 e. The monoisotopic (exact) mass is 259 g/mol. The van der Waals surface area contributed by atoms with Gasteiger partial charge in [-0.15, -0.1) is 23.1 Å². The first-order valence-corrected chi connectivity index (χ1v) is 7.05. The number of amides is 1. The Morgan fingerprint density at radius 1 is 1.62 bits per heavy atom. The van der Waals surface area contributed by atoms with Crippen molar-refractivity contribution in [3.8, 4) is 0 Å². The molecule has 0 aliphatic heterocycles. The second-order valence-corrected chi connectivity index (χ2v) is 6.06. The smallest absolute Gasteiger partial charge is 0.264 e. The van der Waals surface area contributed by atoms with Gasteiger partial charge in [0.05, 0.1) is 5.60 Å². The summed E-state index contributed by atoms with van der Waals surface area (Å²) in [6.45, 7) is 3.72. The lowest BCUT2D eigenvalue weighted by atomic mass is 10.1. The second kappa shape index (κ2) is 5.21. The highest BCUT2D eigenvalue weighted by molar-refractivity contribution is 7.98. The van der Waals surface area contributed by atoms with Crippen LogP contribution < -0.4 is 0 Å². The third-order valence-electron chi connectivity index (χ3n) is 2.01. The molecule has 1 amide bonds. The Bertz CT molecular complexity index is 368. The fraction of sp³-hybridized carbons (Fsp3) is 0.545. The standard InChI is InChI=1S/C11H17NO2S2/c1-11(2,14)7-12(3)10(13)9-8(15-4)5-6-16-9/h5-6,14H,7H2,1-4H3. The third-order valence-corrected chi connectivity index (χ3v) is 3.83. The molecule has 1 heterocycles. The molecule has 0 radical (unpaired) electrons. The molecular formula is C11H17NO2S2. The minimum atomic E-state index is -0.860. The minimum Gasteiger partial charge on any atom is -0.389 e. The molecule has 0 bridgehead atoms. The van der Waals surface area contributed by atoms with E-state index in [9.17, 15) is 9.90 Å². The molecule has 0 aliphatic carbocycles. The van der Waals surface area contributed by atoms with E-state index in [-0.39, 0.29) is 5.91 Å². The van der Waals surface area contributed by atoms with Crippen molar-refractivity contribution in [2.75, 3.05) is 19.8 Å². The first kappa shape index (κ1) is 13.5. The molecule has 0 atom stereocenters. The van der Waals surface area contributed by atoms with Crippen LogP contribution in [-0.4, -0.2) is 41.4 Å². The lowest BCUT2D eigenvalue weighted by molar-refractivity contribution is 0.0369. The SMILES string of the molecule is CSc1ccsc1C(=O)N(C)CC(C)(C)O. The molecular weight excluding hydrogens is 242 g/mol. The summed E-state index contributed by atoms with van der Waals surface area (Å²) in [5, 5.41) is 11.6. The van der Waals surface area contributed by atoms with E-state index in [4.69, 9.17) is 0 Å². The van der Waals surface area contributed by atoms with E-state index >= 15 is 0 Å². The summed E-state index contributed by atoms with van der Waals surface area (Å²) in [7, 11) is 1.71. The van der Waals surface area contributed by atoms with Gasteiger partial charge in [-0.05, 0) is 31.5 Å². The highest BCUT2D eigenvalue weighted by atomic mass is 32.2. The van der Waals surface area contributed by atoms with Crippen molar-refractivity contribution in [1.82, 2.24) is 4.90 Å². The fourth-order valence-electron chi connectivity index (χ4n) is 1.44. The molecule has 3 nitrogen and oxygen atoms in total. The first-order valence-electron chi connectivity index (χ1n) is 4.94. The Hall–Kier alpha value is -0.520. The summed E-state index contributed by atoms with van der Waals surface area (Å²) in [4.78, 5) is 15.4. The van der Waals surface area contributed by atoms with Gasteiger partial charge in [0.2, 0.25) is 0 Å². The molecule has 0 aromatic carbocycles. The van der Waals surface area contributed by atoms with E-state index < -0.39 is 5.60 Å². The van der Waals surface area contributed by atoms with Gasteiger partial charge in [-0.2, -0.15) is 0 Å². The molecule has 1 rings (SSSR count). The Kier molecular flexibility index (Phi) is 4.41. The summed E-state index contributed by atoms with van der Waals surface area (Å²) in [6, 6.07) is 1.94. The van der Waals surface area contributed by atoms with Crippen molar-refractivity contribution in [3.05, 3.63) is 16.3 Å². The molecule has 0 unspecified atom stereocenters. The van der Waals surface area contributed by atoms with Crippen LogP contribution in [-0.2, 0) is 0 Å². The number of carbonyl (C=O) groups excluding carboxylic acids is 1. The number of thiophene rings is 1. The number of thioether (sulfide) groups is 1. The predicted molar refractivity (Wildman–Crippen MR) is 69.4 cm³/mol. The number of carbonyl (C=O) groups is 1. The molecule has 0 saturated heterocycles. The number of likely N-dealkylation sites (N-methyl/N-ethyl adjacent to an activating group) is 1. The van der Waals surface area contributed by atoms with Crippen LogP contribution in [0.5, 0.6) is 0 Å². The number of nitrogens with zero attached hydrogens (tertiary/aromatic N) is 1. The van der Waals surface area contributed by atoms with Gasteiger partial charge in [0.1, 0.15) is 4.88 Å². The van der Waals surface area contributed by atoms with Crippen molar-refractivity contribution in [1.29, 1.82) is 0 Å². The highest BCUT2D eigenvalue weighted by Crippen LogP contribution is 2.26. The maximum atomic E-state index is 12.1. The van der Waals surface area contributed by atoms with Gasteiger partial charge in [-0.25, -0.2) is 0 Å². The Morgan fingerprint density at radius 2 is 2.25 bits per heavy atom. The van der Waals surface area contributed by atoms with Crippen LogP contribution in [0.4, 0.5) is 0 Å². The van der Waals surface area contributed by atoms with Crippen molar-refractivity contribution in [2.24, 2.45) is 0 Å². The van der Waals surface area contributed by atoms with Gasteiger partial charge in [0.25, 0.3) is 5.91 Å². The van der Waals surface area contributed by atoms with E-state index in [1.165, 1.54) is 11.3 Å². The molecule has 1 N–H and O–H groups in total. The van der Waals surface area contributed by atoms with Crippen molar-refractivity contribution in [2.45, 2.75) is 24.3 Å². The van der Waals surface area contributed by atoms with Crippen LogP contribution >= 0.6 is 23.1 Å². The molecule has 1 aromatic rings. The van der Waals surface area contributed by atoms with Gasteiger partial charge in [-0.3, -0.25) is 4.79 Å². The van der Waals surface area contributed by atoms with Gasteiger partial charge in [0.15, 0.2) is 0 Å². The fourth-order valence-corrected chi connectivity index (χ4v) is 3.18. The normalized spacial score (nSPS) is 11.6. The molecule has 1 aromatic heterocycles. The minimum absolute atomic E-state index is 0.0264. The van der Waals surface area contributed by atoms with Crippen molar-refractivity contribution >= 4 is 29.0 Å². The lowest BCUT2D eigenvalue weighted by Crippen LogP contribution is -2.39. The topological polar surface area (TPSA) is 40.5 Å². The van der Waals surface area contributed by atoms with Gasteiger partial charge >= 0.3 is 0 Å². The van der Waals surface area contributed by atoms with Crippen LogP contribution in [0.15, 0.2) is 16.3 Å². The average Bonchev–Trinajstić information content (AvgIpc) is 2.61. The van der Waals surface area contributed by atoms with Crippen LogP contribution in [0.2, 0.25) is 0 Å². The number of rotatable bonds is 4. The zero-order chi connectivity index (χ0) is 12.3. The summed E-state index contributed by atoms with van der Waals surface area (Å²) in [5.74, 6) is -0.0264. The highest BCUT2D eigenvalue weighted by Gasteiger charge is 2.22. The largest absolute Gasteiger partial charge is 0.389 e.